The molecular weight excluding hydrogens is 364 g/mol. The molecule has 0 unspecified atom stereocenters. The van der Waals surface area contributed by atoms with Gasteiger partial charge >= 0.3 is 6.09 Å². The van der Waals surface area contributed by atoms with E-state index in [1.807, 2.05) is 26.8 Å². The van der Waals surface area contributed by atoms with E-state index >= 15 is 0 Å². The number of halogens is 2. The van der Waals surface area contributed by atoms with Gasteiger partial charge in [0.2, 0.25) is 0 Å². The third kappa shape index (κ3) is 4.69. The van der Waals surface area contributed by atoms with Crippen LogP contribution in [-0.2, 0) is 4.74 Å². The van der Waals surface area contributed by atoms with Crippen LogP contribution in [0, 0.1) is 5.92 Å². The van der Waals surface area contributed by atoms with Crippen molar-refractivity contribution in [1.82, 2.24) is 10.3 Å². The molecule has 1 N–H and O–H groups in total. The number of nitrogens with zero attached hydrogens (tertiary/aromatic N) is 2. The Morgan fingerprint density at radius 1 is 1.29 bits per heavy atom. The summed E-state index contributed by atoms with van der Waals surface area (Å²) in [4.78, 5) is 18.5. The van der Waals surface area contributed by atoms with Gasteiger partial charge in [0.05, 0.1) is 5.52 Å². The van der Waals surface area contributed by atoms with Crippen molar-refractivity contribution in [2.45, 2.75) is 52.2 Å². The van der Waals surface area contributed by atoms with E-state index in [0.717, 1.165) is 18.7 Å². The Balaban J connectivity index is 1.85. The summed E-state index contributed by atoms with van der Waals surface area (Å²) in [6.45, 7) is 8.96. The third-order valence-electron chi connectivity index (χ3n) is 4.73. The maximum Gasteiger partial charge on any atom is 0.407 e. The lowest BCUT2D eigenvalue weighted by atomic mass is 9.94. The van der Waals surface area contributed by atoms with Crippen LogP contribution in [0.2, 0.25) is 0 Å². The van der Waals surface area contributed by atoms with E-state index in [9.17, 15) is 13.6 Å². The molecule has 0 saturated carbocycles. The molecule has 152 valence electrons. The number of nitrogens with one attached hydrogen (secondary N) is 1. The number of amides is 1. The Hall–Kier alpha value is -2.44. The first kappa shape index (κ1) is 20.3. The number of benzene rings is 1. The van der Waals surface area contributed by atoms with E-state index in [0.29, 0.717) is 23.4 Å². The monoisotopic (exact) mass is 391 g/mol. The standard InChI is InChI=1S/C21H27F2N3O2/c1-13-10-14(25-20(27)28-21(2,3)4)12-26(11-13)17-8-7-16(19(22)23)18-15(17)6-5-9-24-18/h5-9,13-14,19H,10-12H2,1-4H3,(H,25,27)/t13-,14+/m0/s1. The molecule has 3 rings (SSSR count). The molecule has 1 aromatic carbocycles. The number of alkyl carbamates (subject to hydrolysis) is 1. The molecule has 2 heterocycles. The van der Waals surface area contributed by atoms with E-state index in [4.69, 9.17) is 4.74 Å². The van der Waals surface area contributed by atoms with Gasteiger partial charge in [-0.1, -0.05) is 6.92 Å². The second kappa shape index (κ2) is 7.89. The number of carbonyl (C=O) groups is 1. The highest BCUT2D eigenvalue weighted by Crippen LogP contribution is 2.34. The van der Waals surface area contributed by atoms with Crippen molar-refractivity contribution in [2.24, 2.45) is 5.92 Å². The molecule has 1 aliphatic heterocycles. The van der Waals surface area contributed by atoms with Gasteiger partial charge in [0.15, 0.2) is 0 Å². The summed E-state index contributed by atoms with van der Waals surface area (Å²) in [7, 11) is 0. The van der Waals surface area contributed by atoms with E-state index in [1.54, 1.807) is 12.1 Å². The fraction of sp³-hybridized carbons (Fsp3) is 0.524. The van der Waals surface area contributed by atoms with Crippen LogP contribution in [-0.4, -0.2) is 35.8 Å². The lowest BCUT2D eigenvalue weighted by Crippen LogP contribution is -2.51. The van der Waals surface area contributed by atoms with Crippen molar-refractivity contribution >= 4 is 22.7 Å². The minimum atomic E-state index is -2.58. The minimum absolute atomic E-state index is 0.0622. The lowest BCUT2D eigenvalue weighted by molar-refractivity contribution is 0.0495. The summed E-state index contributed by atoms with van der Waals surface area (Å²) < 4.78 is 32.1. The van der Waals surface area contributed by atoms with Gasteiger partial charge in [-0.15, -0.1) is 0 Å². The van der Waals surface area contributed by atoms with Crippen molar-refractivity contribution < 1.29 is 18.3 Å². The molecule has 2 atom stereocenters. The molecule has 0 aliphatic carbocycles. The van der Waals surface area contributed by atoms with Crippen molar-refractivity contribution in [1.29, 1.82) is 0 Å². The van der Waals surface area contributed by atoms with Crippen LogP contribution in [0.25, 0.3) is 10.9 Å². The number of hydrogen-bond acceptors (Lipinski definition) is 4. The summed E-state index contributed by atoms with van der Waals surface area (Å²) in [6, 6.07) is 6.67. The van der Waals surface area contributed by atoms with E-state index in [2.05, 4.69) is 22.1 Å². The van der Waals surface area contributed by atoms with Crippen LogP contribution in [0.3, 0.4) is 0 Å². The molecule has 1 saturated heterocycles. The molecule has 1 amide bonds. The first-order chi connectivity index (χ1) is 13.1. The molecule has 1 aliphatic rings. The molecule has 0 spiro atoms. The number of alkyl halides is 2. The smallest absolute Gasteiger partial charge is 0.407 e. The fourth-order valence-electron chi connectivity index (χ4n) is 3.76. The van der Waals surface area contributed by atoms with Crippen molar-refractivity contribution in [3.63, 3.8) is 0 Å². The number of ether oxygens (including phenoxy) is 1. The van der Waals surface area contributed by atoms with E-state index in [-0.39, 0.29) is 11.6 Å². The van der Waals surface area contributed by atoms with Crippen LogP contribution in [0.1, 0.15) is 46.1 Å². The lowest BCUT2D eigenvalue weighted by Gasteiger charge is -2.39. The summed E-state index contributed by atoms with van der Waals surface area (Å²) in [6.07, 6.45) is -0.649. The van der Waals surface area contributed by atoms with Gasteiger partial charge in [0.1, 0.15) is 5.60 Å². The van der Waals surface area contributed by atoms with Gasteiger partial charge in [-0.3, -0.25) is 4.98 Å². The Labute approximate surface area is 164 Å². The van der Waals surface area contributed by atoms with Crippen LogP contribution >= 0.6 is 0 Å². The predicted molar refractivity (Wildman–Crippen MR) is 106 cm³/mol. The zero-order chi connectivity index (χ0) is 20.5. The fourth-order valence-corrected chi connectivity index (χ4v) is 3.76. The normalized spacial score (nSPS) is 20.5. The number of anilines is 1. The van der Waals surface area contributed by atoms with Gasteiger partial charge in [-0.05, 0) is 57.4 Å². The minimum Gasteiger partial charge on any atom is -0.444 e. The van der Waals surface area contributed by atoms with Crippen LogP contribution in [0.15, 0.2) is 30.5 Å². The van der Waals surface area contributed by atoms with Crippen molar-refractivity contribution in [2.75, 3.05) is 18.0 Å². The van der Waals surface area contributed by atoms with Gasteiger partial charge in [0.25, 0.3) is 6.43 Å². The summed E-state index contributed by atoms with van der Waals surface area (Å²) in [5.74, 6) is 0.329. The number of fused-ring (bicyclic) bond motifs is 1. The molecule has 1 fully saturated rings. The molecule has 2 aromatic rings. The SMILES string of the molecule is C[C@H]1C[C@@H](NC(=O)OC(C)(C)C)CN(c2ccc(C(F)F)c3ncccc23)C1. The van der Waals surface area contributed by atoms with E-state index in [1.165, 1.54) is 12.3 Å². The number of hydrogen-bond donors (Lipinski definition) is 1. The Bertz CT molecular complexity index is 851. The summed E-state index contributed by atoms with van der Waals surface area (Å²) >= 11 is 0. The van der Waals surface area contributed by atoms with Gasteiger partial charge < -0.3 is 15.0 Å². The average molecular weight is 391 g/mol. The topological polar surface area (TPSA) is 54.5 Å². The van der Waals surface area contributed by atoms with Crippen LogP contribution in [0.5, 0.6) is 0 Å². The molecule has 0 radical (unpaired) electrons. The van der Waals surface area contributed by atoms with Crippen LogP contribution in [0.4, 0.5) is 19.3 Å². The Morgan fingerprint density at radius 3 is 2.71 bits per heavy atom. The number of carbonyl (C=O) groups excluding carboxylic acids is 1. The Morgan fingerprint density at radius 2 is 2.04 bits per heavy atom. The number of piperidine rings is 1. The molecular formula is C21H27F2N3O2. The largest absolute Gasteiger partial charge is 0.444 e. The molecule has 28 heavy (non-hydrogen) atoms. The number of pyridine rings is 1. The zero-order valence-electron chi connectivity index (χ0n) is 16.7. The maximum absolute atomic E-state index is 13.4. The Kier molecular flexibility index (Phi) is 5.72. The second-order valence-corrected chi connectivity index (χ2v) is 8.46. The van der Waals surface area contributed by atoms with E-state index < -0.39 is 18.1 Å². The van der Waals surface area contributed by atoms with Gasteiger partial charge in [-0.25, -0.2) is 13.6 Å². The van der Waals surface area contributed by atoms with Crippen molar-refractivity contribution in [3.05, 3.63) is 36.0 Å². The molecule has 5 nitrogen and oxygen atoms in total. The first-order valence-electron chi connectivity index (χ1n) is 9.54. The average Bonchev–Trinajstić information content (AvgIpc) is 2.58. The summed E-state index contributed by atoms with van der Waals surface area (Å²) in [5, 5.41) is 3.64. The predicted octanol–water partition coefficient (Wildman–Crippen LogP) is 4.91. The maximum atomic E-state index is 13.4. The highest BCUT2D eigenvalue weighted by molar-refractivity contribution is 5.94. The highest BCUT2D eigenvalue weighted by atomic mass is 19.3. The molecule has 7 heteroatoms. The quantitative estimate of drug-likeness (QED) is 0.808. The van der Waals surface area contributed by atoms with Gasteiger partial charge in [-0.2, -0.15) is 0 Å². The summed E-state index contributed by atoms with van der Waals surface area (Å²) in [5.41, 5.74) is 0.560. The molecule has 0 bridgehead atoms. The number of rotatable bonds is 3. The molecule has 1 aromatic heterocycles. The third-order valence-corrected chi connectivity index (χ3v) is 4.73. The van der Waals surface area contributed by atoms with Gasteiger partial charge in [0, 0.05) is 42.0 Å². The first-order valence-corrected chi connectivity index (χ1v) is 9.54. The van der Waals surface area contributed by atoms with Crippen LogP contribution < -0.4 is 10.2 Å². The second-order valence-electron chi connectivity index (χ2n) is 8.46. The van der Waals surface area contributed by atoms with Crippen molar-refractivity contribution in [3.8, 4) is 0 Å². The zero-order valence-corrected chi connectivity index (χ0v) is 16.7. The highest BCUT2D eigenvalue weighted by Gasteiger charge is 2.29. The number of aromatic nitrogens is 1.